The van der Waals surface area contributed by atoms with Crippen molar-refractivity contribution in [3.8, 4) is 0 Å². The van der Waals surface area contributed by atoms with Gasteiger partial charge in [-0.25, -0.2) is 9.97 Å². The standard InChI is InChI=1S/C11H20N4/c1-4-7-15(9(2)3)11-13-6-5-10(8-12)14-11/h5-6,9H,4,7-8,12H2,1-3H3. The molecule has 0 saturated carbocycles. The summed E-state index contributed by atoms with van der Waals surface area (Å²) in [5.41, 5.74) is 6.45. The first kappa shape index (κ1) is 11.9. The molecule has 0 fully saturated rings. The van der Waals surface area contributed by atoms with Crippen molar-refractivity contribution in [2.24, 2.45) is 5.73 Å². The zero-order chi connectivity index (χ0) is 11.3. The van der Waals surface area contributed by atoms with Crippen LogP contribution in [0.4, 0.5) is 5.95 Å². The molecular weight excluding hydrogens is 188 g/mol. The van der Waals surface area contributed by atoms with Crippen LogP contribution in [0.1, 0.15) is 32.9 Å². The minimum atomic E-state index is 0.415. The van der Waals surface area contributed by atoms with Gasteiger partial charge in [0.1, 0.15) is 0 Å². The highest BCUT2D eigenvalue weighted by molar-refractivity contribution is 5.31. The van der Waals surface area contributed by atoms with Gasteiger partial charge in [0.25, 0.3) is 0 Å². The minimum Gasteiger partial charge on any atom is -0.338 e. The molecule has 0 bridgehead atoms. The Bertz CT molecular complexity index is 298. The van der Waals surface area contributed by atoms with Gasteiger partial charge < -0.3 is 10.6 Å². The fourth-order valence-electron chi connectivity index (χ4n) is 1.47. The molecule has 2 N–H and O–H groups in total. The van der Waals surface area contributed by atoms with E-state index in [2.05, 4.69) is 35.6 Å². The van der Waals surface area contributed by atoms with Crippen LogP contribution in [0.25, 0.3) is 0 Å². The summed E-state index contributed by atoms with van der Waals surface area (Å²) in [7, 11) is 0. The Balaban J connectivity index is 2.89. The first-order chi connectivity index (χ1) is 7.19. The third-order valence-electron chi connectivity index (χ3n) is 2.25. The summed E-state index contributed by atoms with van der Waals surface area (Å²) in [4.78, 5) is 10.9. The van der Waals surface area contributed by atoms with Gasteiger partial charge in [-0.05, 0) is 26.3 Å². The van der Waals surface area contributed by atoms with Crippen LogP contribution in [0.15, 0.2) is 12.3 Å². The van der Waals surface area contributed by atoms with Gasteiger partial charge in [-0.1, -0.05) is 6.92 Å². The van der Waals surface area contributed by atoms with Gasteiger partial charge in [0.2, 0.25) is 5.95 Å². The molecule has 4 heteroatoms. The third-order valence-corrected chi connectivity index (χ3v) is 2.25. The Morgan fingerprint density at radius 3 is 2.73 bits per heavy atom. The van der Waals surface area contributed by atoms with E-state index in [1.54, 1.807) is 6.20 Å². The van der Waals surface area contributed by atoms with E-state index in [1.807, 2.05) is 6.07 Å². The first-order valence-corrected chi connectivity index (χ1v) is 5.47. The summed E-state index contributed by atoms with van der Waals surface area (Å²) >= 11 is 0. The molecule has 0 spiro atoms. The van der Waals surface area contributed by atoms with Gasteiger partial charge in [0, 0.05) is 25.3 Å². The molecule has 0 atom stereocenters. The van der Waals surface area contributed by atoms with E-state index in [0.717, 1.165) is 24.6 Å². The second-order valence-corrected chi connectivity index (χ2v) is 3.84. The van der Waals surface area contributed by atoms with Crippen LogP contribution in [-0.2, 0) is 6.54 Å². The fourth-order valence-corrected chi connectivity index (χ4v) is 1.47. The lowest BCUT2D eigenvalue weighted by atomic mass is 10.3. The molecule has 15 heavy (non-hydrogen) atoms. The molecule has 0 unspecified atom stereocenters. The molecular formula is C11H20N4. The number of anilines is 1. The second-order valence-electron chi connectivity index (χ2n) is 3.84. The second kappa shape index (κ2) is 5.66. The van der Waals surface area contributed by atoms with Crippen molar-refractivity contribution in [3.63, 3.8) is 0 Å². The summed E-state index contributed by atoms with van der Waals surface area (Å²) < 4.78 is 0. The van der Waals surface area contributed by atoms with E-state index in [4.69, 9.17) is 5.73 Å². The molecule has 0 saturated heterocycles. The van der Waals surface area contributed by atoms with Crippen LogP contribution in [0.5, 0.6) is 0 Å². The fraction of sp³-hybridized carbons (Fsp3) is 0.636. The number of aromatic nitrogens is 2. The zero-order valence-corrected chi connectivity index (χ0v) is 9.77. The van der Waals surface area contributed by atoms with Crippen molar-refractivity contribution in [2.45, 2.75) is 39.8 Å². The summed E-state index contributed by atoms with van der Waals surface area (Å²) in [5, 5.41) is 0. The van der Waals surface area contributed by atoms with Crippen LogP contribution in [0.3, 0.4) is 0 Å². The van der Waals surface area contributed by atoms with Crippen molar-refractivity contribution in [3.05, 3.63) is 18.0 Å². The maximum Gasteiger partial charge on any atom is 0.225 e. The molecule has 1 heterocycles. The van der Waals surface area contributed by atoms with Gasteiger partial charge in [-0.15, -0.1) is 0 Å². The van der Waals surface area contributed by atoms with E-state index in [9.17, 15) is 0 Å². The van der Waals surface area contributed by atoms with Gasteiger partial charge >= 0.3 is 0 Å². The monoisotopic (exact) mass is 208 g/mol. The average Bonchev–Trinajstić information content (AvgIpc) is 2.25. The smallest absolute Gasteiger partial charge is 0.225 e. The number of nitrogens with zero attached hydrogens (tertiary/aromatic N) is 3. The molecule has 1 rings (SSSR count). The average molecular weight is 208 g/mol. The Morgan fingerprint density at radius 2 is 2.20 bits per heavy atom. The van der Waals surface area contributed by atoms with Gasteiger partial charge in [0.05, 0.1) is 5.69 Å². The lowest BCUT2D eigenvalue weighted by molar-refractivity contribution is 0.648. The van der Waals surface area contributed by atoms with Crippen molar-refractivity contribution >= 4 is 5.95 Å². The molecule has 0 aliphatic rings. The maximum absolute atomic E-state index is 5.56. The van der Waals surface area contributed by atoms with E-state index < -0.39 is 0 Å². The largest absolute Gasteiger partial charge is 0.338 e. The van der Waals surface area contributed by atoms with E-state index in [-0.39, 0.29) is 0 Å². The molecule has 84 valence electrons. The predicted molar refractivity (Wildman–Crippen MR) is 62.7 cm³/mol. The van der Waals surface area contributed by atoms with Crippen molar-refractivity contribution < 1.29 is 0 Å². The quantitative estimate of drug-likeness (QED) is 0.798. The molecule has 0 aromatic carbocycles. The lowest BCUT2D eigenvalue weighted by Crippen LogP contribution is -2.33. The SMILES string of the molecule is CCCN(c1nccc(CN)n1)C(C)C. The molecule has 0 radical (unpaired) electrons. The number of rotatable bonds is 5. The van der Waals surface area contributed by atoms with E-state index >= 15 is 0 Å². The van der Waals surface area contributed by atoms with Gasteiger partial charge in [-0.2, -0.15) is 0 Å². The zero-order valence-electron chi connectivity index (χ0n) is 9.77. The van der Waals surface area contributed by atoms with Crippen LogP contribution in [0, 0.1) is 0 Å². The normalized spacial score (nSPS) is 10.7. The van der Waals surface area contributed by atoms with E-state index in [0.29, 0.717) is 12.6 Å². The molecule has 0 aliphatic carbocycles. The van der Waals surface area contributed by atoms with Crippen molar-refractivity contribution in [1.82, 2.24) is 9.97 Å². The van der Waals surface area contributed by atoms with Crippen molar-refractivity contribution in [2.75, 3.05) is 11.4 Å². The number of hydrogen-bond acceptors (Lipinski definition) is 4. The van der Waals surface area contributed by atoms with Crippen LogP contribution in [-0.4, -0.2) is 22.6 Å². The maximum atomic E-state index is 5.56. The summed E-state index contributed by atoms with van der Waals surface area (Å²) in [6, 6.07) is 2.27. The number of hydrogen-bond donors (Lipinski definition) is 1. The van der Waals surface area contributed by atoms with E-state index in [1.165, 1.54) is 0 Å². The van der Waals surface area contributed by atoms with Crippen LogP contribution in [0.2, 0.25) is 0 Å². The lowest BCUT2D eigenvalue weighted by Gasteiger charge is -2.26. The minimum absolute atomic E-state index is 0.415. The highest BCUT2D eigenvalue weighted by Gasteiger charge is 2.12. The third kappa shape index (κ3) is 3.16. The first-order valence-electron chi connectivity index (χ1n) is 5.47. The Labute approximate surface area is 91.5 Å². The Kier molecular flexibility index (Phi) is 4.49. The molecule has 4 nitrogen and oxygen atoms in total. The predicted octanol–water partition coefficient (Wildman–Crippen LogP) is 1.56. The van der Waals surface area contributed by atoms with Gasteiger partial charge in [-0.3, -0.25) is 0 Å². The Morgan fingerprint density at radius 1 is 1.47 bits per heavy atom. The summed E-state index contributed by atoms with van der Waals surface area (Å²) in [6.45, 7) is 7.89. The molecule has 1 aromatic heterocycles. The molecule has 0 aliphatic heterocycles. The number of nitrogens with two attached hydrogens (primary N) is 1. The molecule has 0 amide bonds. The Hall–Kier alpha value is -1.16. The highest BCUT2D eigenvalue weighted by atomic mass is 15.3. The summed E-state index contributed by atoms with van der Waals surface area (Å²) in [6.07, 6.45) is 2.87. The van der Waals surface area contributed by atoms with Crippen LogP contribution >= 0.6 is 0 Å². The topological polar surface area (TPSA) is 55.0 Å². The molecule has 1 aromatic rings. The highest BCUT2D eigenvalue weighted by Crippen LogP contribution is 2.11. The van der Waals surface area contributed by atoms with Gasteiger partial charge in [0.15, 0.2) is 0 Å². The van der Waals surface area contributed by atoms with Crippen molar-refractivity contribution in [1.29, 1.82) is 0 Å². The summed E-state index contributed by atoms with van der Waals surface area (Å²) in [5.74, 6) is 0.787. The van der Waals surface area contributed by atoms with Crippen LogP contribution < -0.4 is 10.6 Å².